The lowest BCUT2D eigenvalue weighted by molar-refractivity contribution is -0.253. The number of hydrogen-bond donors (Lipinski definition) is 4. The van der Waals surface area contributed by atoms with Crippen molar-refractivity contribution in [3.8, 4) is 11.1 Å². The summed E-state index contributed by atoms with van der Waals surface area (Å²) in [6, 6.07) is 42.4. The molecule has 2 amide bonds. The molecule has 2 fully saturated rings. The van der Waals surface area contributed by atoms with E-state index in [0.29, 0.717) is 43.6 Å². The summed E-state index contributed by atoms with van der Waals surface area (Å²) < 4.78 is 13.4. The van der Waals surface area contributed by atoms with Gasteiger partial charge < -0.3 is 30.9 Å². The number of benzene rings is 5. The lowest BCUT2D eigenvalue weighted by atomic mass is 9.98. The fourth-order valence-corrected chi connectivity index (χ4v) is 7.67. The first kappa shape index (κ1) is 40.8. The SMILES string of the molecule is Nc1ccccc1NC(=O)CCCCC(=O)NCc1cccc(-c2ccc([C@@H]3O[C@H](CN4CCN(Cc5ccccc5)CC4)C[C@H](c4ccc(CO)cc4)O3)cc2)c1. The summed E-state index contributed by atoms with van der Waals surface area (Å²) in [5.41, 5.74) is 14.4. The van der Waals surface area contributed by atoms with Crippen LogP contribution in [0.5, 0.6) is 0 Å². The highest BCUT2D eigenvalue weighted by molar-refractivity contribution is 5.93. The van der Waals surface area contributed by atoms with Crippen molar-refractivity contribution in [3.63, 3.8) is 0 Å². The Balaban J connectivity index is 0.917. The zero-order valence-electron chi connectivity index (χ0n) is 33.1. The molecule has 2 saturated heterocycles. The third kappa shape index (κ3) is 11.6. The van der Waals surface area contributed by atoms with Crippen LogP contribution >= 0.6 is 0 Å². The van der Waals surface area contributed by atoms with Crippen molar-refractivity contribution in [2.45, 2.75) is 70.3 Å². The molecule has 302 valence electrons. The van der Waals surface area contributed by atoms with Gasteiger partial charge in [-0.25, -0.2) is 0 Å². The quantitative estimate of drug-likeness (QED) is 0.0595. The average molecular weight is 782 g/mol. The standard InChI is InChI=1S/C48H55N5O5/c49-43-13-4-5-14-44(43)51-47(56)16-7-6-15-46(55)50-31-37-11-8-12-41(29-37)38-21-23-40(24-22-38)48-57-42(30-45(58-48)39-19-17-36(34-54)18-20-39)33-53-27-25-52(26-28-53)32-35-9-2-1-3-10-35/h1-5,8-14,17-24,29,42,45,48,54H,6-7,15-16,25-28,30-34,49H2,(H,50,55)(H,51,56)/t42-,45+,48+/m0/s1. The first-order chi connectivity index (χ1) is 28.4. The summed E-state index contributed by atoms with van der Waals surface area (Å²) in [5.74, 6) is -0.152. The Morgan fingerprint density at radius 2 is 1.34 bits per heavy atom. The van der Waals surface area contributed by atoms with Crippen LogP contribution in [0, 0.1) is 0 Å². The van der Waals surface area contributed by atoms with E-state index in [1.807, 2.05) is 36.4 Å². The van der Waals surface area contributed by atoms with E-state index in [1.165, 1.54) is 5.56 Å². The minimum absolute atomic E-state index is 0.00693. The maximum Gasteiger partial charge on any atom is 0.224 e. The number of aliphatic hydroxyl groups is 1. The number of piperazine rings is 1. The molecule has 0 aromatic heterocycles. The van der Waals surface area contributed by atoms with Gasteiger partial charge in [-0.05, 0) is 64.4 Å². The van der Waals surface area contributed by atoms with Crippen molar-refractivity contribution in [2.24, 2.45) is 0 Å². The second kappa shape index (κ2) is 20.4. The van der Waals surface area contributed by atoms with Gasteiger partial charge in [0, 0.05) is 70.6 Å². The molecule has 5 aromatic rings. The number of carbonyl (C=O) groups is 2. The lowest BCUT2D eigenvalue weighted by Crippen LogP contribution is -2.49. The van der Waals surface area contributed by atoms with E-state index >= 15 is 0 Å². The van der Waals surface area contributed by atoms with Gasteiger partial charge >= 0.3 is 0 Å². The number of anilines is 2. The highest BCUT2D eigenvalue weighted by Gasteiger charge is 2.34. The number of carbonyl (C=O) groups excluding carboxylic acids is 2. The number of ether oxygens (including phenoxy) is 2. The fourth-order valence-electron chi connectivity index (χ4n) is 7.67. The Kier molecular flexibility index (Phi) is 14.3. The third-order valence-electron chi connectivity index (χ3n) is 11.0. The van der Waals surface area contributed by atoms with Crippen LogP contribution in [-0.2, 0) is 38.8 Å². The minimum atomic E-state index is -0.520. The van der Waals surface area contributed by atoms with Gasteiger partial charge in [0.2, 0.25) is 11.8 Å². The largest absolute Gasteiger partial charge is 0.397 e. The zero-order valence-corrected chi connectivity index (χ0v) is 33.1. The van der Waals surface area contributed by atoms with Gasteiger partial charge in [0.25, 0.3) is 0 Å². The second-order valence-corrected chi connectivity index (χ2v) is 15.4. The smallest absolute Gasteiger partial charge is 0.224 e. The molecule has 0 aliphatic carbocycles. The van der Waals surface area contributed by atoms with Gasteiger partial charge in [-0.15, -0.1) is 0 Å². The summed E-state index contributed by atoms with van der Waals surface area (Å²) in [5, 5.41) is 15.5. The van der Waals surface area contributed by atoms with Crippen molar-refractivity contribution in [1.29, 1.82) is 0 Å². The molecule has 0 radical (unpaired) electrons. The molecule has 2 aliphatic heterocycles. The maximum atomic E-state index is 12.6. The predicted octanol–water partition coefficient (Wildman–Crippen LogP) is 7.61. The molecule has 10 nitrogen and oxygen atoms in total. The highest BCUT2D eigenvalue weighted by atomic mass is 16.7. The van der Waals surface area contributed by atoms with Gasteiger partial charge in [0.15, 0.2) is 6.29 Å². The van der Waals surface area contributed by atoms with Crippen LogP contribution in [-0.4, -0.2) is 65.5 Å². The topological polar surface area (TPSA) is 129 Å². The van der Waals surface area contributed by atoms with Crippen LogP contribution < -0.4 is 16.4 Å². The molecule has 0 saturated carbocycles. The molecule has 2 aliphatic rings. The Hall–Kier alpha value is -5.36. The molecule has 5 aromatic carbocycles. The summed E-state index contributed by atoms with van der Waals surface area (Å²) >= 11 is 0. The Morgan fingerprint density at radius 1 is 0.672 bits per heavy atom. The van der Waals surface area contributed by atoms with Crippen LogP contribution in [0.2, 0.25) is 0 Å². The molecular formula is C48H55N5O5. The molecule has 7 rings (SSSR count). The van der Waals surface area contributed by atoms with Crippen LogP contribution in [0.25, 0.3) is 11.1 Å². The number of nitrogens with zero attached hydrogens (tertiary/aromatic N) is 2. The number of para-hydroxylation sites is 2. The van der Waals surface area contributed by atoms with Crippen molar-refractivity contribution in [2.75, 3.05) is 43.8 Å². The van der Waals surface area contributed by atoms with E-state index in [4.69, 9.17) is 15.2 Å². The monoisotopic (exact) mass is 781 g/mol. The average Bonchev–Trinajstić information content (AvgIpc) is 3.26. The zero-order chi connectivity index (χ0) is 40.1. The number of rotatable bonds is 16. The number of amides is 2. The number of nitrogens with one attached hydrogen (secondary N) is 2. The van der Waals surface area contributed by atoms with Gasteiger partial charge in [-0.1, -0.05) is 109 Å². The Labute approximate surface area is 342 Å². The molecule has 5 N–H and O–H groups in total. The van der Waals surface area contributed by atoms with E-state index in [1.54, 1.807) is 12.1 Å². The van der Waals surface area contributed by atoms with Gasteiger partial charge in [-0.2, -0.15) is 0 Å². The number of unbranched alkanes of at least 4 members (excludes halogenated alkanes) is 1. The predicted molar refractivity (Wildman–Crippen MR) is 228 cm³/mol. The van der Waals surface area contributed by atoms with E-state index in [9.17, 15) is 14.7 Å². The number of nitrogens with two attached hydrogens (primary N) is 1. The lowest BCUT2D eigenvalue weighted by Gasteiger charge is -2.40. The summed E-state index contributed by atoms with van der Waals surface area (Å²) in [7, 11) is 0. The molecule has 0 bridgehead atoms. The third-order valence-corrected chi connectivity index (χ3v) is 11.0. The van der Waals surface area contributed by atoms with Crippen LogP contribution in [0.4, 0.5) is 11.4 Å². The van der Waals surface area contributed by atoms with Gasteiger partial charge in [0.1, 0.15) is 0 Å². The molecular weight excluding hydrogens is 727 g/mol. The van der Waals surface area contributed by atoms with E-state index in [-0.39, 0.29) is 30.6 Å². The Bertz CT molecular complexity index is 2070. The molecule has 10 heteroatoms. The molecule has 0 unspecified atom stereocenters. The molecule has 0 spiro atoms. The molecule has 3 atom stereocenters. The normalized spacial score (nSPS) is 18.7. The molecule has 2 heterocycles. The minimum Gasteiger partial charge on any atom is -0.397 e. The maximum absolute atomic E-state index is 12.6. The fraction of sp³-hybridized carbons (Fsp3) is 0.333. The number of aliphatic hydroxyl groups excluding tert-OH is 1. The van der Waals surface area contributed by atoms with E-state index in [2.05, 4.69) is 99.3 Å². The van der Waals surface area contributed by atoms with Crippen molar-refractivity contribution < 1.29 is 24.2 Å². The first-order valence-electron chi connectivity index (χ1n) is 20.5. The van der Waals surface area contributed by atoms with Crippen molar-refractivity contribution >= 4 is 23.2 Å². The second-order valence-electron chi connectivity index (χ2n) is 15.4. The van der Waals surface area contributed by atoms with Gasteiger partial charge in [-0.3, -0.25) is 19.4 Å². The Morgan fingerprint density at radius 3 is 2.09 bits per heavy atom. The highest BCUT2D eigenvalue weighted by Crippen LogP contribution is 2.39. The summed E-state index contributed by atoms with van der Waals surface area (Å²) in [4.78, 5) is 30.0. The van der Waals surface area contributed by atoms with Crippen molar-refractivity contribution in [3.05, 3.63) is 155 Å². The first-order valence-corrected chi connectivity index (χ1v) is 20.5. The summed E-state index contributed by atoms with van der Waals surface area (Å²) in [6.07, 6.45) is 2.00. The van der Waals surface area contributed by atoms with Crippen LogP contribution in [0.1, 0.15) is 72.3 Å². The van der Waals surface area contributed by atoms with Crippen LogP contribution in [0.3, 0.4) is 0 Å². The number of nitrogen functional groups attached to an aromatic ring is 1. The van der Waals surface area contributed by atoms with E-state index in [0.717, 1.165) is 79.1 Å². The van der Waals surface area contributed by atoms with Crippen LogP contribution in [0.15, 0.2) is 127 Å². The van der Waals surface area contributed by atoms with Gasteiger partial charge in [0.05, 0.1) is 30.2 Å². The van der Waals surface area contributed by atoms with E-state index < -0.39 is 6.29 Å². The summed E-state index contributed by atoms with van der Waals surface area (Å²) in [6.45, 7) is 6.29. The molecule has 58 heavy (non-hydrogen) atoms. The number of hydrogen-bond acceptors (Lipinski definition) is 8. The van der Waals surface area contributed by atoms with Crippen molar-refractivity contribution in [1.82, 2.24) is 15.1 Å².